The monoisotopic (exact) mass is 410 g/mol. The predicted octanol–water partition coefficient (Wildman–Crippen LogP) is 2.57. The van der Waals surface area contributed by atoms with E-state index in [1.807, 2.05) is 0 Å². The van der Waals surface area contributed by atoms with E-state index in [-0.39, 0.29) is 16.8 Å². The number of benzene rings is 1. The first-order valence-electron chi connectivity index (χ1n) is 7.68. The van der Waals surface area contributed by atoms with Crippen LogP contribution in [-0.2, 0) is 19.6 Å². The first-order chi connectivity index (χ1) is 12.1. The lowest BCUT2D eigenvalue weighted by molar-refractivity contribution is -0.145. The summed E-state index contributed by atoms with van der Waals surface area (Å²) in [4.78, 5) is 24.3. The Balaban J connectivity index is 3.08. The Bertz CT molecular complexity index is 829. The highest BCUT2D eigenvalue weighted by Crippen LogP contribution is 2.27. The van der Waals surface area contributed by atoms with Gasteiger partial charge in [0.2, 0.25) is 0 Å². The molecule has 11 heteroatoms. The van der Waals surface area contributed by atoms with Gasteiger partial charge in [0.25, 0.3) is 5.91 Å². The molecule has 0 saturated carbocycles. The standard InChI is InChI=1S/C16H21F3N2O5S/c1-9-8-10(6-7-11(9)21-27(24,25)16(17,18)19)13(22)20-12(14(23)26-5)15(2,3)4/h6-8,12,21H,1-5H3,(H,20,22)/t12-/m1/s1. The van der Waals surface area contributed by atoms with Gasteiger partial charge in [-0.15, -0.1) is 0 Å². The number of ether oxygens (including phenoxy) is 1. The van der Waals surface area contributed by atoms with E-state index >= 15 is 0 Å². The molecule has 0 fully saturated rings. The maximum atomic E-state index is 12.5. The van der Waals surface area contributed by atoms with Gasteiger partial charge in [0.05, 0.1) is 12.8 Å². The number of halogens is 3. The number of carbonyl (C=O) groups is 2. The fourth-order valence-corrected chi connectivity index (χ4v) is 2.72. The van der Waals surface area contributed by atoms with Crippen molar-refractivity contribution in [2.45, 2.75) is 39.2 Å². The van der Waals surface area contributed by atoms with Crippen molar-refractivity contribution >= 4 is 27.6 Å². The van der Waals surface area contributed by atoms with Gasteiger partial charge in [0.1, 0.15) is 6.04 Å². The molecule has 1 aromatic rings. The molecule has 1 atom stereocenters. The summed E-state index contributed by atoms with van der Waals surface area (Å²) in [5.41, 5.74) is -6.29. The molecule has 1 rings (SSSR count). The Labute approximate surface area is 155 Å². The van der Waals surface area contributed by atoms with Crippen molar-refractivity contribution in [1.82, 2.24) is 5.32 Å². The second kappa shape index (κ2) is 7.75. The van der Waals surface area contributed by atoms with Crippen LogP contribution in [0, 0.1) is 12.3 Å². The molecule has 0 spiro atoms. The lowest BCUT2D eigenvalue weighted by Crippen LogP contribution is -2.49. The summed E-state index contributed by atoms with van der Waals surface area (Å²) in [6.07, 6.45) is 0. The molecule has 27 heavy (non-hydrogen) atoms. The quantitative estimate of drug-likeness (QED) is 0.727. The van der Waals surface area contributed by atoms with Gasteiger partial charge in [-0.2, -0.15) is 21.6 Å². The minimum absolute atomic E-state index is 0.0422. The number of alkyl halides is 3. The number of hydrogen-bond acceptors (Lipinski definition) is 5. The third kappa shape index (κ3) is 5.59. The summed E-state index contributed by atoms with van der Waals surface area (Å²) in [6.45, 7) is 6.49. The highest BCUT2D eigenvalue weighted by Gasteiger charge is 2.46. The maximum Gasteiger partial charge on any atom is 0.516 e. The highest BCUT2D eigenvalue weighted by atomic mass is 32.2. The van der Waals surface area contributed by atoms with Crippen LogP contribution in [0.3, 0.4) is 0 Å². The minimum Gasteiger partial charge on any atom is -0.467 e. The lowest BCUT2D eigenvalue weighted by atomic mass is 9.86. The average Bonchev–Trinajstić information content (AvgIpc) is 2.51. The minimum atomic E-state index is -5.57. The van der Waals surface area contributed by atoms with E-state index < -0.39 is 38.9 Å². The van der Waals surface area contributed by atoms with Gasteiger partial charge in [0.15, 0.2) is 0 Å². The summed E-state index contributed by atoms with van der Waals surface area (Å²) in [7, 11) is -4.39. The summed E-state index contributed by atoms with van der Waals surface area (Å²) in [5.74, 6) is -1.31. The molecule has 1 aromatic carbocycles. The number of methoxy groups -OCH3 is 1. The van der Waals surface area contributed by atoms with Gasteiger partial charge in [-0.25, -0.2) is 4.79 Å². The van der Waals surface area contributed by atoms with Gasteiger partial charge in [-0.1, -0.05) is 20.8 Å². The number of hydrogen-bond donors (Lipinski definition) is 2. The van der Waals surface area contributed by atoms with E-state index in [4.69, 9.17) is 0 Å². The van der Waals surface area contributed by atoms with Gasteiger partial charge in [-0.3, -0.25) is 9.52 Å². The Morgan fingerprint density at radius 2 is 1.70 bits per heavy atom. The van der Waals surface area contributed by atoms with E-state index in [0.29, 0.717) is 0 Å². The lowest BCUT2D eigenvalue weighted by Gasteiger charge is -2.29. The van der Waals surface area contributed by atoms with Crippen molar-refractivity contribution in [3.63, 3.8) is 0 Å². The van der Waals surface area contributed by atoms with E-state index in [0.717, 1.165) is 12.1 Å². The SMILES string of the molecule is COC(=O)[C@@H](NC(=O)c1ccc(NS(=O)(=O)C(F)(F)F)c(C)c1)C(C)(C)C. The zero-order chi connectivity index (χ0) is 21.2. The number of rotatable bonds is 5. The third-order valence-electron chi connectivity index (χ3n) is 3.62. The van der Waals surface area contributed by atoms with Crippen molar-refractivity contribution in [3.8, 4) is 0 Å². The zero-order valence-corrected chi connectivity index (χ0v) is 16.2. The molecule has 7 nitrogen and oxygen atoms in total. The van der Waals surface area contributed by atoms with Crippen molar-refractivity contribution < 1.29 is 35.9 Å². The van der Waals surface area contributed by atoms with Gasteiger partial charge in [0, 0.05) is 5.56 Å². The molecule has 0 saturated heterocycles. The van der Waals surface area contributed by atoms with Crippen molar-refractivity contribution in [2.75, 3.05) is 11.8 Å². The molecule has 0 bridgehead atoms. The molecule has 0 radical (unpaired) electrons. The van der Waals surface area contributed by atoms with Crippen molar-refractivity contribution in [2.24, 2.45) is 5.41 Å². The van der Waals surface area contributed by atoms with Gasteiger partial charge < -0.3 is 10.1 Å². The third-order valence-corrected chi connectivity index (χ3v) is 4.71. The number of aryl methyl sites for hydroxylation is 1. The highest BCUT2D eigenvalue weighted by molar-refractivity contribution is 7.93. The molecular formula is C16H21F3N2O5S. The Hall–Kier alpha value is -2.30. The molecule has 2 N–H and O–H groups in total. The van der Waals surface area contributed by atoms with Crippen LogP contribution >= 0.6 is 0 Å². The number of anilines is 1. The fourth-order valence-electron chi connectivity index (χ4n) is 2.08. The van der Waals surface area contributed by atoms with Crippen LogP contribution < -0.4 is 10.0 Å². The maximum absolute atomic E-state index is 12.5. The van der Waals surface area contributed by atoms with Crippen LogP contribution in [0.15, 0.2) is 18.2 Å². The normalized spacial score (nSPS) is 13.6. The molecule has 0 unspecified atom stereocenters. The number of nitrogens with one attached hydrogen (secondary N) is 2. The van der Waals surface area contributed by atoms with E-state index in [2.05, 4.69) is 10.1 Å². The van der Waals surface area contributed by atoms with Crippen molar-refractivity contribution in [1.29, 1.82) is 0 Å². The van der Waals surface area contributed by atoms with Crippen LogP contribution in [0.4, 0.5) is 18.9 Å². The molecular weight excluding hydrogens is 389 g/mol. The molecule has 0 aliphatic heterocycles. The molecule has 152 valence electrons. The van der Waals surface area contributed by atoms with Gasteiger partial charge in [-0.05, 0) is 36.1 Å². The molecule has 0 aliphatic carbocycles. The number of amides is 1. The first kappa shape index (κ1) is 22.7. The van der Waals surface area contributed by atoms with E-state index in [1.165, 1.54) is 24.8 Å². The predicted molar refractivity (Wildman–Crippen MR) is 92.5 cm³/mol. The largest absolute Gasteiger partial charge is 0.516 e. The summed E-state index contributed by atoms with van der Waals surface area (Å²) in [6, 6.07) is 2.44. The Morgan fingerprint density at radius 3 is 2.11 bits per heavy atom. The zero-order valence-electron chi connectivity index (χ0n) is 15.4. The molecule has 1 amide bonds. The van der Waals surface area contributed by atoms with Crippen LogP contribution in [0.5, 0.6) is 0 Å². The average molecular weight is 410 g/mol. The van der Waals surface area contributed by atoms with E-state index in [1.54, 1.807) is 20.8 Å². The Kier molecular flexibility index (Phi) is 6.53. The number of esters is 1. The fraction of sp³-hybridized carbons (Fsp3) is 0.500. The molecule has 0 heterocycles. The van der Waals surface area contributed by atoms with Crippen LogP contribution in [0.25, 0.3) is 0 Å². The van der Waals surface area contributed by atoms with E-state index in [9.17, 15) is 31.2 Å². The van der Waals surface area contributed by atoms with Crippen molar-refractivity contribution in [3.05, 3.63) is 29.3 Å². The van der Waals surface area contributed by atoms with Gasteiger partial charge >= 0.3 is 21.5 Å². The second-order valence-electron chi connectivity index (χ2n) is 6.88. The second-order valence-corrected chi connectivity index (χ2v) is 8.55. The van der Waals surface area contributed by atoms with Crippen LogP contribution in [0.2, 0.25) is 0 Å². The number of carbonyl (C=O) groups excluding carboxylic acids is 2. The van der Waals surface area contributed by atoms with Crippen LogP contribution in [-0.4, -0.2) is 39.0 Å². The molecule has 0 aliphatic rings. The topological polar surface area (TPSA) is 102 Å². The molecule has 0 aromatic heterocycles. The summed E-state index contributed by atoms with van der Waals surface area (Å²) in [5, 5.41) is 2.51. The smallest absolute Gasteiger partial charge is 0.467 e. The summed E-state index contributed by atoms with van der Waals surface area (Å²) < 4.78 is 65.9. The number of sulfonamides is 1. The first-order valence-corrected chi connectivity index (χ1v) is 9.17. The van der Waals surface area contributed by atoms with Crippen LogP contribution in [0.1, 0.15) is 36.7 Å². The summed E-state index contributed by atoms with van der Waals surface area (Å²) >= 11 is 0. The Morgan fingerprint density at radius 1 is 1.15 bits per heavy atom.